The fraction of sp³-hybridized carbons (Fsp3) is 0.600. The molecule has 0 radical (unpaired) electrons. The van der Waals surface area contributed by atoms with Gasteiger partial charge in [-0.05, 0) is 44.4 Å². The van der Waals surface area contributed by atoms with Crippen molar-refractivity contribution in [2.24, 2.45) is 0 Å². The lowest BCUT2D eigenvalue weighted by atomic mass is 10.1. The highest BCUT2D eigenvalue weighted by atomic mass is 15.1. The molecule has 2 N–H and O–H groups in total. The van der Waals surface area contributed by atoms with E-state index in [0.29, 0.717) is 0 Å². The Morgan fingerprint density at radius 1 is 1.24 bits per heavy atom. The van der Waals surface area contributed by atoms with Crippen LogP contribution in [0.4, 0.5) is 5.69 Å². The van der Waals surface area contributed by atoms with Gasteiger partial charge in [-0.2, -0.15) is 0 Å². The highest BCUT2D eigenvalue weighted by molar-refractivity contribution is 5.46. The van der Waals surface area contributed by atoms with Gasteiger partial charge in [0.15, 0.2) is 0 Å². The molecule has 1 unspecified atom stereocenters. The molecule has 2 nitrogen and oxygen atoms in total. The average Bonchev–Trinajstić information content (AvgIpc) is 2.53. The number of hydrogen-bond donors (Lipinski definition) is 1. The molecule has 0 aromatic heterocycles. The summed E-state index contributed by atoms with van der Waals surface area (Å²) in [5.74, 6) is 0. The Bertz CT molecular complexity index is 349. The quantitative estimate of drug-likeness (QED) is 0.812. The largest absolute Gasteiger partial charge is 0.399 e. The van der Waals surface area contributed by atoms with Gasteiger partial charge in [0, 0.05) is 18.3 Å². The first-order chi connectivity index (χ1) is 8.27. The zero-order valence-electron chi connectivity index (χ0n) is 10.9. The van der Waals surface area contributed by atoms with E-state index in [0.717, 1.165) is 24.7 Å². The third kappa shape index (κ3) is 3.47. The first-order valence-corrected chi connectivity index (χ1v) is 6.85. The van der Waals surface area contributed by atoms with Gasteiger partial charge in [0.25, 0.3) is 0 Å². The van der Waals surface area contributed by atoms with Crippen LogP contribution in [0, 0.1) is 0 Å². The van der Waals surface area contributed by atoms with Crippen molar-refractivity contribution in [3.63, 3.8) is 0 Å². The van der Waals surface area contributed by atoms with E-state index in [4.69, 9.17) is 5.73 Å². The molecule has 0 amide bonds. The van der Waals surface area contributed by atoms with E-state index >= 15 is 0 Å². The molecule has 94 valence electrons. The monoisotopic (exact) mass is 232 g/mol. The molecular weight excluding hydrogens is 208 g/mol. The van der Waals surface area contributed by atoms with Gasteiger partial charge in [0.05, 0.1) is 0 Å². The van der Waals surface area contributed by atoms with E-state index in [9.17, 15) is 0 Å². The van der Waals surface area contributed by atoms with Crippen LogP contribution in [-0.4, -0.2) is 24.0 Å². The highest BCUT2D eigenvalue weighted by Gasteiger charge is 2.16. The minimum Gasteiger partial charge on any atom is -0.399 e. The van der Waals surface area contributed by atoms with E-state index in [-0.39, 0.29) is 0 Å². The second-order valence-electron chi connectivity index (χ2n) is 5.18. The maximum absolute atomic E-state index is 5.98. The Hall–Kier alpha value is -1.02. The smallest absolute Gasteiger partial charge is 0.0347 e. The maximum Gasteiger partial charge on any atom is 0.0347 e. The summed E-state index contributed by atoms with van der Waals surface area (Å²) in [4.78, 5) is 2.62. The molecule has 2 rings (SSSR count). The van der Waals surface area contributed by atoms with E-state index in [1.54, 1.807) is 0 Å². The number of nitrogens with two attached hydrogens (primary N) is 1. The predicted molar refractivity (Wildman–Crippen MR) is 74.1 cm³/mol. The maximum atomic E-state index is 5.98. The van der Waals surface area contributed by atoms with E-state index in [1.165, 1.54) is 37.8 Å². The summed E-state index contributed by atoms with van der Waals surface area (Å²) in [5.41, 5.74) is 8.22. The minimum absolute atomic E-state index is 0.738. The summed E-state index contributed by atoms with van der Waals surface area (Å²) in [6.45, 7) is 4.77. The number of likely N-dealkylation sites (tertiary alicyclic amines) is 1. The minimum atomic E-state index is 0.738. The van der Waals surface area contributed by atoms with Crippen LogP contribution in [0.5, 0.6) is 0 Å². The van der Waals surface area contributed by atoms with Crippen molar-refractivity contribution in [3.8, 4) is 0 Å². The average molecular weight is 232 g/mol. The van der Waals surface area contributed by atoms with E-state index in [1.807, 2.05) is 12.1 Å². The van der Waals surface area contributed by atoms with Crippen LogP contribution < -0.4 is 5.73 Å². The molecular formula is C15H24N2. The molecule has 0 bridgehead atoms. The molecule has 1 aliphatic rings. The first kappa shape index (κ1) is 12.4. The third-order valence-electron chi connectivity index (χ3n) is 3.91. The van der Waals surface area contributed by atoms with Gasteiger partial charge in [-0.1, -0.05) is 31.0 Å². The van der Waals surface area contributed by atoms with Crippen molar-refractivity contribution in [3.05, 3.63) is 29.8 Å². The molecule has 2 heteroatoms. The SMILES string of the molecule is CC1CCCCCN1CCc1ccccc1N. The Morgan fingerprint density at radius 3 is 2.88 bits per heavy atom. The summed E-state index contributed by atoms with van der Waals surface area (Å²) >= 11 is 0. The normalized spacial score (nSPS) is 22.3. The second-order valence-corrected chi connectivity index (χ2v) is 5.18. The summed E-state index contributed by atoms with van der Waals surface area (Å²) < 4.78 is 0. The fourth-order valence-electron chi connectivity index (χ4n) is 2.69. The van der Waals surface area contributed by atoms with Crippen LogP contribution in [0.3, 0.4) is 0 Å². The number of para-hydroxylation sites is 1. The van der Waals surface area contributed by atoms with Crippen molar-refractivity contribution < 1.29 is 0 Å². The molecule has 1 aromatic carbocycles. The zero-order chi connectivity index (χ0) is 12.1. The van der Waals surface area contributed by atoms with Crippen molar-refractivity contribution >= 4 is 5.69 Å². The van der Waals surface area contributed by atoms with Gasteiger partial charge in [-0.3, -0.25) is 0 Å². The standard InChI is InChI=1S/C15H24N2/c1-13-7-3-2-6-11-17(13)12-10-14-8-4-5-9-15(14)16/h4-5,8-9,13H,2-3,6-7,10-12,16H2,1H3. The molecule has 1 atom stereocenters. The molecule has 1 aliphatic heterocycles. The van der Waals surface area contributed by atoms with Crippen molar-refractivity contribution in [2.75, 3.05) is 18.8 Å². The van der Waals surface area contributed by atoms with Crippen LogP contribution in [-0.2, 0) is 6.42 Å². The van der Waals surface area contributed by atoms with Crippen LogP contribution in [0.25, 0.3) is 0 Å². The van der Waals surface area contributed by atoms with Gasteiger partial charge in [0.2, 0.25) is 0 Å². The van der Waals surface area contributed by atoms with Crippen LogP contribution in [0.15, 0.2) is 24.3 Å². The molecule has 1 saturated heterocycles. The first-order valence-electron chi connectivity index (χ1n) is 6.85. The summed E-state index contributed by atoms with van der Waals surface area (Å²) in [6.07, 6.45) is 6.58. The summed E-state index contributed by atoms with van der Waals surface area (Å²) in [5, 5.41) is 0. The number of anilines is 1. The Balaban J connectivity index is 1.90. The molecule has 0 spiro atoms. The highest BCUT2D eigenvalue weighted by Crippen LogP contribution is 2.18. The van der Waals surface area contributed by atoms with Gasteiger partial charge >= 0.3 is 0 Å². The van der Waals surface area contributed by atoms with Crippen molar-refractivity contribution in [2.45, 2.75) is 45.1 Å². The second kappa shape index (κ2) is 6.06. The Kier molecular flexibility index (Phi) is 4.43. The predicted octanol–water partition coefficient (Wildman–Crippen LogP) is 3.08. The van der Waals surface area contributed by atoms with Crippen molar-refractivity contribution in [1.29, 1.82) is 0 Å². The van der Waals surface area contributed by atoms with Gasteiger partial charge in [-0.25, -0.2) is 0 Å². The summed E-state index contributed by atoms with van der Waals surface area (Å²) in [7, 11) is 0. The van der Waals surface area contributed by atoms with Crippen LogP contribution in [0.1, 0.15) is 38.2 Å². The fourth-order valence-corrected chi connectivity index (χ4v) is 2.69. The van der Waals surface area contributed by atoms with Crippen LogP contribution >= 0.6 is 0 Å². The van der Waals surface area contributed by atoms with E-state index in [2.05, 4.69) is 24.0 Å². The Morgan fingerprint density at radius 2 is 2.06 bits per heavy atom. The lowest BCUT2D eigenvalue weighted by molar-refractivity contribution is 0.216. The third-order valence-corrected chi connectivity index (χ3v) is 3.91. The van der Waals surface area contributed by atoms with Gasteiger partial charge in [0.1, 0.15) is 0 Å². The Labute approximate surface area is 105 Å². The topological polar surface area (TPSA) is 29.3 Å². The molecule has 1 fully saturated rings. The summed E-state index contributed by atoms with van der Waals surface area (Å²) in [6, 6.07) is 8.98. The lowest BCUT2D eigenvalue weighted by Crippen LogP contribution is -2.34. The molecule has 17 heavy (non-hydrogen) atoms. The van der Waals surface area contributed by atoms with Crippen molar-refractivity contribution in [1.82, 2.24) is 4.90 Å². The molecule has 0 aliphatic carbocycles. The van der Waals surface area contributed by atoms with Crippen LogP contribution in [0.2, 0.25) is 0 Å². The van der Waals surface area contributed by atoms with Gasteiger partial charge < -0.3 is 10.6 Å². The number of nitrogen functional groups attached to an aromatic ring is 1. The number of rotatable bonds is 3. The lowest BCUT2D eigenvalue weighted by Gasteiger charge is -2.27. The molecule has 1 heterocycles. The van der Waals surface area contributed by atoms with Gasteiger partial charge in [-0.15, -0.1) is 0 Å². The molecule has 0 saturated carbocycles. The number of hydrogen-bond acceptors (Lipinski definition) is 2. The molecule has 1 aromatic rings. The number of nitrogens with zero attached hydrogens (tertiary/aromatic N) is 1. The zero-order valence-corrected chi connectivity index (χ0v) is 10.9. The number of benzene rings is 1. The van der Waals surface area contributed by atoms with E-state index < -0.39 is 0 Å².